The number of allylic oxidation sites excluding steroid dienone is 1. The molecule has 2 aromatic rings. The van der Waals surface area contributed by atoms with Crippen molar-refractivity contribution in [1.82, 2.24) is 0 Å². The van der Waals surface area contributed by atoms with Gasteiger partial charge in [-0.15, -0.1) is 11.8 Å². The van der Waals surface area contributed by atoms with E-state index in [0.717, 1.165) is 4.90 Å². The predicted molar refractivity (Wildman–Crippen MR) is 110 cm³/mol. The molecule has 0 spiro atoms. The molecule has 1 heterocycles. The number of nitrogens with zero attached hydrogens (tertiary/aromatic N) is 1. The Kier molecular flexibility index (Phi) is 5.73. The highest BCUT2D eigenvalue weighted by molar-refractivity contribution is 7.98. The zero-order valence-electron chi connectivity index (χ0n) is 15.2. The van der Waals surface area contributed by atoms with Crippen molar-refractivity contribution in [3.8, 4) is 0 Å². The Bertz CT molecular complexity index is 981. The van der Waals surface area contributed by atoms with Crippen molar-refractivity contribution in [3.63, 3.8) is 0 Å². The zero-order chi connectivity index (χ0) is 19.6. The first-order chi connectivity index (χ1) is 13.0. The molecule has 1 aliphatic heterocycles. The summed E-state index contributed by atoms with van der Waals surface area (Å²) in [4.78, 5) is 28.2. The molecule has 2 aromatic carbocycles. The van der Waals surface area contributed by atoms with Crippen LogP contribution in [0.3, 0.4) is 0 Å². The second-order valence-electron chi connectivity index (χ2n) is 5.87. The first-order valence-corrected chi connectivity index (χ1v) is 9.82. The first kappa shape index (κ1) is 19.3. The van der Waals surface area contributed by atoms with Crippen molar-refractivity contribution in [2.45, 2.75) is 11.8 Å². The SMILES string of the molecule is COC(=O)C1=C(C)N(c2cccc(SC)c2)C(=O)/C1=C\c1ccccc1Cl. The molecule has 1 amide bonds. The molecule has 138 valence electrons. The summed E-state index contributed by atoms with van der Waals surface area (Å²) in [7, 11) is 1.30. The van der Waals surface area contributed by atoms with Gasteiger partial charge in [-0.05, 0) is 49.1 Å². The van der Waals surface area contributed by atoms with Crippen LogP contribution in [0, 0.1) is 0 Å². The van der Waals surface area contributed by atoms with Crippen LogP contribution in [0.5, 0.6) is 0 Å². The molecular formula is C21H18ClNO3S. The molecule has 4 nitrogen and oxygen atoms in total. The quantitative estimate of drug-likeness (QED) is 0.415. The van der Waals surface area contributed by atoms with Crippen LogP contribution in [-0.4, -0.2) is 25.2 Å². The largest absolute Gasteiger partial charge is 0.465 e. The Morgan fingerprint density at radius 2 is 1.93 bits per heavy atom. The van der Waals surface area contributed by atoms with E-state index in [-0.39, 0.29) is 17.1 Å². The Hall–Kier alpha value is -2.50. The molecule has 0 unspecified atom stereocenters. The van der Waals surface area contributed by atoms with Crippen molar-refractivity contribution >= 4 is 47.0 Å². The number of thioether (sulfide) groups is 1. The summed E-state index contributed by atoms with van der Waals surface area (Å²) in [6.45, 7) is 1.74. The second kappa shape index (κ2) is 8.03. The fourth-order valence-corrected chi connectivity index (χ4v) is 3.63. The van der Waals surface area contributed by atoms with Crippen molar-refractivity contribution in [1.29, 1.82) is 0 Å². The monoisotopic (exact) mass is 399 g/mol. The summed E-state index contributed by atoms with van der Waals surface area (Å²) in [6.07, 6.45) is 3.61. The molecule has 0 radical (unpaired) electrons. The average Bonchev–Trinajstić information content (AvgIpc) is 2.93. The van der Waals surface area contributed by atoms with Crippen LogP contribution in [-0.2, 0) is 14.3 Å². The van der Waals surface area contributed by atoms with E-state index in [1.807, 2.05) is 42.7 Å². The molecule has 0 aromatic heterocycles. The van der Waals surface area contributed by atoms with E-state index in [0.29, 0.717) is 22.0 Å². The number of carbonyl (C=O) groups excluding carboxylic acids is 2. The summed E-state index contributed by atoms with van der Waals surface area (Å²) < 4.78 is 4.93. The van der Waals surface area contributed by atoms with Crippen LogP contribution in [0.4, 0.5) is 5.69 Å². The fraction of sp³-hybridized carbons (Fsp3) is 0.143. The van der Waals surface area contributed by atoms with E-state index >= 15 is 0 Å². The van der Waals surface area contributed by atoms with Gasteiger partial charge in [-0.1, -0.05) is 35.9 Å². The lowest BCUT2D eigenvalue weighted by molar-refractivity contribution is -0.136. The summed E-state index contributed by atoms with van der Waals surface area (Å²) in [5, 5.41) is 0.502. The Labute approximate surface area is 167 Å². The molecule has 0 fully saturated rings. The minimum Gasteiger partial charge on any atom is -0.465 e. The number of anilines is 1. The number of esters is 1. The van der Waals surface area contributed by atoms with Crippen molar-refractivity contribution in [3.05, 3.63) is 76.0 Å². The number of halogens is 1. The van der Waals surface area contributed by atoms with E-state index in [2.05, 4.69) is 0 Å². The average molecular weight is 400 g/mol. The molecule has 0 atom stereocenters. The van der Waals surface area contributed by atoms with E-state index < -0.39 is 5.97 Å². The van der Waals surface area contributed by atoms with Gasteiger partial charge in [0.05, 0.1) is 23.9 Å². The highest BCUT2D eigenvalue weighted by Crippen LogP contribution is 2.37. The molecule has 0 bridgehead atoms. The van der Waals surface area contributed by atoms with Crippen LogP contribution in [0.1, 0.15) is 12.5 Å². The van der Waals surface area contributed by atoms with Crippen LogP contribution >= 0.6 is 23.4 Å². The maximum absolute atomic E-state index is 13.2. The van der Waals surface area contributed by atoms with E-state index in [9.17, 15) is 9.59 Å². The summed E-state index contributed by atoms with van der Waals surface area (Å²) >= 11 is 7.82. The van der Waals surface area contributed by atoms with Gasteiger partial charge in [-0.2, -0.15) is 0 Å². The molecule has 0 saturated heterocycles. The molecular weight excluding hydrogens is 382 g/mol. The number of rotatable bonds is 4. The Morgan fingerprint density at radius 3 is 2.59 bits per heavy atom. The summed E-state index contributed by atoms with van der Waals surface area (Å²) in [6, 6.07) is 14.8. The first-order valence-electron chi connectivity index (χ1n) is 8.22. The highest BCUT2D eigenvalue weighted by Gasteiger charge is 2.38. The van der Waals surface area contributed by atoms with Crippen LogP contribution < -0.4 is 4.90 Å². The normalized spacial score (nSPS) is 15.6. The number of amides is 1. The molecule has 3 rings (SSSR count). The standard InChI is InChI=1S/C21H18ClNO3S/c1-13-19(21(25)26-2)17(11-14-7-4-5-10-18(14)22)20(24)23(13)15-8-6-9-16(12-15)27-3/h4-12H,1-3H3/b17-11-. The van der Waals surface area contributed by atoms with Gasteiger partial charge in [-0.25, -0.2) is 4.79 Å². The van der Waals surface area contributed by atoms with Gasteiger partial charge < -0.3 is 4.74 Å². The molecule has 6 heteroatoms. The number of hydrogen-bond donors (Lipinski definition) is 0. The van der Waals surface area contributed by atoms with Gasteiger partial charge >= 0.3 is 5.97 Å². The predicted octanol–water partition coefficient (Wildman–Crippen LogP) is 4.94. The smallest absolute Gasteiger partial charge is 0.340 e. The van der Waals surface area contributed by atoms with Crippen molar-refractivity contribution < 1.29 is 14.3 Å². The Balaban J connectivity index is 2.16. The molecule has 27 heavy (non-hydrogen) atoms. The van der Waals surface area contributed by atoms with Crippen molar-refractivity contribution in [2.24, 2.45) is 0 Å². The lowest BCUT2D eigenvalue weighted by Gasteiger charge is -2.18. The van der Waals surface area contributed by atoms with Crippen LogP contribution in [0.2, 0.25) is 5.02 Å². The second-order valence-corrected chi connectivity index (χ2v) is 7.16. The van der Waals surface area contributed by atoms with Crippen LogP contribution in [0.15, 0.2) is 70.3 Å². The maximum Gasteiger partial charge on any atom is 0.340 e. The number of carbonyl (C=O) groups is 2. The number of benzene rings is 2. The number of hydrogen-bond acceptors (Lipinski definition) is 4. The van der Waals surface area contributed by atoms with E-state index in [1.165, 1.54) is 12.0 Å². The highest BCUT2D eigenvalue weighted by atomic mass is 35.5. The number of ether oxygens (including phenoxy) is 1. The molecule has 0 saturated carbocycles. The van der Waals surface area contributed by atoms with Gasteiger partial charge in [0.15, 0.2) is 0 Å². The summed E-state index contributed by atoms with van der Waals surface area (Å²) in [5.74, 6) is -0.839. The minimum absolute atomic E-state index is 0.247. The van der Waals surface area contributed by atoms with Gasteiger partial charge in [0.2, 0.25) is 0 Å². The molecule has 1 aliphatic rings. The Morgan fingerprint density at radius 1 is 1.19 bits per heavy atom. The van der Waals surface area contributed by atoms with Crippen LogP contribution in [0.25, 0.3) is 6.08 Å². The third-order valence-electron chi connectivity index (χ3n) is 4.31. The van der Waals surface area contributed by atoms with E-state index in [1.54, 1.807) is 36.9 Å². The van der Waals surface area contributed by atoms with E-state index in [4.69, 9.17) is 16.3 Å². The summed E-state index contributed by atoms with van der Waals surface area (Å²) in [5.41, 5.74) is 2.41. The minimum atomic E-state index is -0.553. The number of methoxy groups -OCH3 is 1. The van der Waals surface area contributed by atoms with Gasteiger partial charge in [-0.3, -0.25) is 9.69 Å². The van der Waals surface area contributed by atoms with Gasteiger partial charge in [0.1, 0.15) is 0 Å². The van der Waals surface area contributed by atoms with Gasteiger partial charge in [0.25, 0.3) is 5.91 Å². The molecule has 0 N–H and O–H groups in total. The van der Waals surface area contributed by atoms with Crippen molar-refractivity contribution in [2.75, 3.05) is 18.3 Å². The zero-order valence-corrected chi connectivity index (χ0v) is 16.7. The van der Waals surface area contributed by atoms with Gasteiger partial charge in [0, 0.05) is 15.6 Å². The fourth-order valence-electron chi connectivity index (χ4n) is 2.99. The third kappa shape index (κ3) is 3.66. The topological polar surface area (TPSA) is 46.6 Å². The molecule has 0 aliphatic carbocycles. The lowest BCUT2D eigenvalue weighted by Crippen LogP contribution is -2.24. The third-order valence-corrected chi connectivity index (χ3v) is 5.38. The maximum atomic E-state index is 13.2. The lowest BCUT2D eigenvalue weighted by atomic mass is 10.0.